The SMILES string of the molecule is Cc1ncsc1-c1ccc(CNC(=O)[C@@H]2C[C@@H](C)CN2C(=O)[C@@H](NC(=O)COCCCCOc2ccc(-c3ccc(N4C(=O)N(c5ccc(C#N)c(C(F)(F)F)c5)C(=O)C4(C)C)cc3)cc2)C(C)(C)C)cc1. The topological polar surface area (TPSA) is 174 Å². The van der Waals surface area contributed by atoms with Crippen LogP contribution in [0.2, 0.25) is 0 Å². The van der Waals surface area contributed by atoms with Crippen LogP contribution in [0.25, 0.3) is 21.6 Å². The summed E-state index contributed by atoms with van der Waals surface area (Å²) in [7, 11) is 0. The van der Waals surface area contributed by atoms with Crippen LogP contribution < -0.4 is 25.2 Å². The Bertz CT molecular complexity index is 2840. The minimum Gasteiger partial charge on any atom is -0.494 e. The quantitative estimate of drug-likeness (QED) is 0.0679. The summed E-state index contributed by atoms with van der Waals surface area (Å²) in [5, 5.41) is 15.1. The predicted molar refractivity (Wildman–Crippen MR) is 268 cm³/mol. The number of carbonyl (C=O) groups is 5. The highest BCUT2D eigenvalue weighted by atomic mass is 32.1. The number of urea groups is 1. The van der Waals surface area contributed by atoms with Crippen LogP contribution >= 0.6 is 11.3 Å². The normalized spacial score (nSPS) is 17.2. The second-order valence-electron chi connectivity index (χ2n) is 19.7. The lowest BCUT2D eigenvalue weighted by atomic mass is 9.85. The van der Waals surface area contributed by atoms with Crippen LogP contribution in [-0.4, -0.2) is 83.5 Å². The number of nitrogens with zero attached hydrogens (tertiary/aromatic N) is 5. The lowest BCUT2D eigenvalue weighted by molar-refractivity contribution is -0.144. The summed E-state index contributed by atoms with van der Waals surface area (Å²) in [6, 6.07) is 24.1. The Morgan fingerprint density at radius 1 is 0.903 bits per heavy atom. The standard InChI is InChI=1S/C54H58F3N7O7S/c1-33-26-44(48(66)59-29-35-10-12-38(13-11-35)46-34(2)60-32-72-46)62(30-33)49(67)47(52(3,4)5)61-45(65)31-70-24-8-9-25-71-42-22-17-37(18-23-42)36-14-19-40(20-15-36)64-51(69)63(50(68)53(64,6)7)41-21-16-39(28-58)43(27-41)54(55,56)57/h10-23,27,32-33,44,47H,8-9,24-26,29-31H2,1-7H3,(H,59,66)(H,61,65)/t33-,44+,47-/m1/s1. The monoisotopic (exact) mass is 1010 g/mol. The van der Waals surface area contributed by atoms with E-state index in [1.807, 2.05) is 88.7 Å². The second-order valence-corrected chi connectivity index (χ2v) is 20.6. The molecule has 2 aliphatic heterocycles. The lowest BCUT2D eigenvalue weighted by Crippen LogP contribution is -2.58. The molecule has 378 valence electrons. The van der Waals surface area contributed by atoms with E-state index >= 15 is 0 Å². The fourth-order valence-electron chi connectivity index (χ4n) is 8.88. The molecule has 18 heteroatoms. The van der Waals surface area contributed by atoms with Gasteiger partial charge in [0.15, 0.2) is 0 Å². The molecule has 0 unspecified atom stereocenters. The van der Waals surface area contributed by atoms with Crippen molar-refractivity contribution < 1.29 is 46.6 Å². The Kier molecular flexibility index (Phi) is 15.9. The highest BCUT2D eigenvalue weighted by Crippen LogP contribution is 2.40. The fourth-order valence-corrected chi connectivity index (χ4v) is 9.69. The molecule has 6 amide bonds. The van der Waals surface area contributed by atoms with Crippen molar-refractivity contribution in [3.05, 3.63) is 119 Å². The van der Waals surface area contributed by atoms with Crippen LogP contribution in [0.5, 0.6) is 5.75 Å². The molecule has 14 nitrogen and oxygen atoms in total. The van der Waals surface area contributed by atoms with Gasteiger partial charge in [-0.3, -0.25) is 24.1 Å². The first-order valence-electron chi connectivity index (χ1n) is 23.7. The van der Waals surface area contributed by atoms with Crippen LogP contribution in [0, 0.1) is 29.6 Å². The molecular weight excluding hydrogens is 948 g/mol. The van der Waals surface area contributed by atoms with Crippen molar-refractivity contribution >= 4 is 52.4 Å². The number of hydrogen-bond acceptors (Lipinski definition) is 10. The van der Waals surface area contributed by atoms with E-state index in [0.717, 1.165) is 45.0 Å². The van der Waals surface area contributed by atoms with Crippen LogP contribution in [0.15, 0.2) is 96.5 Å². The number of alkyl halides is 3. The lowest BCUT2D eigenvalue weighted by Gasteiger charge is -2.35. The minimum atomic E-state index is -4.87. The Labute approximate surface area is 421 Å². The predicted octanol–water partition coefficient (Wildman–Crippen LogP) is 9.69. The number of likely N-dealkylation sites (tertiary alicyclic amines) is 1. The van der Waals surface area contributed by atoms with Gasteiger partial charge in [0.05, 0.1) is 45.6 Å². The number of halogens is 3. The van der Waals surface area contributed by atoms with Gasteiger partial charge in [-0.2, -0.15) is 18.4 Å². The third kappa shape index (κ3) is 11.8. The van der Waals surface area contributed by atoms with Crippen molar-refractivity contribution in [2.24, 2.45) is 11.3 Å². The van der Waals surface area contributed by atoms with Gasteiger partial charge in [0.2, 0.25) is 17.7 Å². The molecule has 72 heavy (non-hydrogen) atoms. The summed E-state index contributed by atoms with van der Waals surface area (Å²) in [6.07, 6.45) is -3.10. The summed E-state index contributed by atoms with van der Waals surface area (Å²) in [5.41, 5.74) is 2.57. The van der Waals surface area contributed by atoms with Crippen LogP contribution in [0.3, 0.4) is 0 Å². The molecule has 3 heterocycles. The van der Waals surface area contributed by atoms with E-state index in [9.17, 15) is 42.4 Å². The summed E-state index contributed by atoms with van der Waals surface area (Å²) in [4.78, 5) is 76.9. The third-order valence-corrected chi connectivity index (χ3v) is 13.8. The van der Waals surface area contributed by atoms with Crippen molar-refractivity contribution in [3.8, 4) is 33.4 Å². The second kappa shape index (κ2) is 21.7. The maximum Gasteiger partial charge on any atom is 0.417 e. The molecule has 0 bridgehead atoms. The van der Waals surface area contributed by atoms with E-state index in [1.54, 1.807) is 40.5 Å². The summed E-state index contributed by atoms with van der Waals surface area (Å²) in [5.74, 6) is -0.956. The van der Waals surface area contributed by atoms with Gasteiger partial charge in [0, 0.05) is 25.4 Å². The van der Waals surface area contributed by atoms with Gasteiger partial charge in [0.1, 0.15) is 30.0 Å². The number of thiazole rings is 1. The molecule has 2 N–H and O–H groups in total. The molecular formula is C54H58F3N7O7S. The highest BCUT2D eigenvalue weighted by molar-refractivity contribution is 7.13. The zero-order valence-electron chi connectivity index (χ0n) is 41.3. The first-order valence-corrected chi connectivity index (χ1v) is 24.5. The molecule has 0 saturated carbocycles. The van der Waals surface area contributed by atoms with Crippen LogP contribution in [0.4, 0.5) is 29.3 Å². The fraction of sp³-hybridized carbons (Fsp3) is 0.389. The van der Waals surface area contributed by atoms with Crippen molar-refractivity contribution in [3.63, 3.8) is 0 Å². The van der Waals surface area contributed by atoms with Gasteiger partial charge in [-0.25, -0.2) is 14.7 Å². The van der Waals surface area contributed by atoms with Crippen molar-refractivity contribution in [2.75, 3.05) is 36.2 Å². The van der Waals surface area contributed by atoms with Gasteiger partial charge in [0.25, 0.3) is 5.91 Å². The number of carbonyl (C=O) groups excluding carboxylic acids is 5. The van der Waals surface area contributed by atoms with Crippen LogP contribution in [-0.2, 0) is 36.6 Å². The number of anilines is 2. The minimum absolute atomic E-state index is 0.102. The number of unbranched alkanes of at least 4 members (excludes halogenated alkanes) is 1. The molecule has 3 atom stereocenters. The summed E-state index contributed by atoms with van der Waals surface area (Å²) in [6.45, 7) is 13.8. The molecule has 0 radical (unpaired) electrons. The molecule has 4 aromatic carbocycles. The number of rotatable bonds is 17. The average molecular weight is 1010 g/mol. The molecule has 0 spiro atoms. The Balaban J connectivity index is 0.841. The van der Waals surface area contributed by atoms with Gasteiger partial charge in [-0.1, -0.05) is 76.2 Å². The molecule has 5 aromatic rings. The number of nitrogens with one attached hydrogen (secondary N) is 2. The maximum absolute atomic E-state index is 14.1. The van der Waals surface area contributed by atoms with Gasteiger partial charge in [-0.05, 0) is 116 Å². The first kappa shape index (κ1) is 52.7. The molecule has 7 rings (SSSR count). The Morgan fingerprint density at radius 2 is 1.53 bits per heavy atom. The third-order valence-electron chi connectivity index (χ3n) is 12.8. The van der Waals surface area contributed by atoms with E-state index < -0.39 is 58.2 Å². The van der Waals surface area contributed by atoms with Crippen LogP contribution in [0.1, 0.15) is 83.2 Å². The number of benzene rings is 4. The van der Waals surface area contributed by atoms with Crippen molar-refractivity contribution in [1.29, 1.82) is 5.26 Å². The largest absolute Gasteiger partial charge is 0.494 e. The van der Waals surface area contributed by atoms with Crippen molar-refractivity contribution in [1.82, 2.24) is 20.5 Å². The molecule has 1 aromatic heterocycles. The van der Waals surface area contributed by atoms with E-state index in [0.29, 0.717) is 68.0 Å². The number of ether oxygens (including phenoxy) is 2. The van der Waals surface area contributed by atoms with Gasteiger partial charge in [-0.15, -0.1) is 11.3 Å². The van der Waals surface area contributed by atoms with Crippen molar-refractivity contribution in [2.45, 2.75) is 98.1 Å². The van der Waals surface area contributed by atoms with E-state index in [4.69, 9.17) is 9.47 Å². The van der Waals surface area contributed by atoms with Gasteiger partial charge < -0.3 is 25.0 Å². The Morgan fingerprint density at radius 3 is 2.14 bits per heavy atom. The molecule has 0 aliphatic carbocycles. The summed E-state index contributed by atoms with van der Waals surface area (Å²) < 4.78 is 52.8. The average Bonchev–Trinajstić information content (AvgIpc) is 4.01. The van der Waals surface area contributed by atoms with E-state index in [-0.39, 0.29) is 30.0 Å². The zero-order chi connectivity index (χ0) is 52.1. The summed E-state index contributed by atoms with van der Waals surface area (Å²) >= 11 is 1.58. The number of amides is 6. The Hall–Kier alpha value is -7.10. The number of aromatic nitrogens is 1. The molecule has 2 aliphatic rings. The van der Waals surface area contributed by atoms with E-state index in [2.05, 4.69) is 15.6 Å². The zero-order valence-corrected chi connectivity index (χ0v) is 42.1. The highest BCUT2D eigenvalue weighted by Gasteiger charge is 2.53. The number of aryl methyl sites for hydroxylation is 1. The van der Waals surface area contributed by atoms with E-state index in [1.165, 1.54) is 24.8 Å². The number of nitriles is 1. The first-order chi connectivity index (χ1) is 34.1. The molecule has 2 fully saturated rings. The number of hydrogen-bond donors (Lipinski definition) is 2. The van der Waals surface area contributed by atoms with Gasteiger partial charge >= 0.3 is 12.2 Å². The smallest absolute Gasteiger partial charge is 0.417 e. The number of imide groups is 1. The molecule has 2 saturated heterocycles. The maximum atomic E-state index is 14.1.